The number of aryl methyl sites for hydroxylation is 1. The summed E-state index contributed by atoms with van der Waals surface area (Å²) < 4.78 is 0. The van der Waals surface area contributed by atoms with Crippen molar-refractivity contribution in [3.8, 4) is 0 Å². The Kier molecular flexibility index (Phi) is 4.71. The van der Waals surface area contributed by atoms with E-state index in [0.717, 1.165) is 5.56 Å². The lowest BCUT2D eigenvalue weighted by Crippen LogP contribution is -2.04. The highest BCUT2D eigenvalue weighted by Crippen LogP contribution is 2.32. The molecule has 1 aromatic rings. The first-order valence-corrected chi connectivity index (χ1v) is 6.39. The lowest BCUT2D eigenvalue weighted by molar-refractivity contribution is -0.131. The predicted molar refractivity (Wildman–Crippen MR) is 76.0 cm³/mol. The molecule has 0 saturated heterocycles. The highest BCUT2D eigenvalue weighted by atomic mass is 16.4. The Bertz CT molecular complexity index is 468. The van der Waals surface area contributed by atoms with E-state index >= 15 is 0 Å². The average molecular weight is 246 g/mol. The molecule has 2 heteroatoms. The minimum Gasteiger partial charge on any atom is -0.478 e. The van der Waals surface area contributed by atoms with Crippen LogP contribution in [0.1, 0.15) is 61.8 Å². The SMILES string of the molecule is Cc1ccc(C=CC(=O)O)c(C(C)C)c1C(C)C. The van der Waals surface area contributed by atoms with E-state index in [2.05, 4.69) is 40.7 Å². The summed E-state index contributed by atoms with van der Waals surface area (Å²) in [5.41, 5.74) is 4.91. The van der Waals surface area contributed by atoms with Crippen molar-refractivity contribution in [3.63, 3.8) is 0 Å². The first-order chi connectivity index (χ1) is 8.34. The van der Waals surface area contributed by atoms with Gasteiger partial charge in [0.05, 0.1) is 0 Å². The Morgan fingerprint density at radius 2 is 1.67 bits per heavy atom. The van der Waals surface area contributed by atoms with Crippen LogP contribution in [0.25, 0.3) is 6.08 Å². The van der Waals surface area contributed by atoms with Crippen molar-refractivity contribution in [2.45, 2.75) is 46.5 Å². The van der Waals surface area contributed by atoms with Gasteiger partial charge in [0.1, 0.15) is 0 Å². The van der Waals surface area contributed by atoms with Crippen molar-refractivity contribution in [2.75, 3.05) is 0 Å². The van der Waals surface area contributed by atoms with Gasteiger partial charge in [-0.25, -0.2) is 4.79 Å². The van der Waals surface area contributed by atoms with Crippen molar-refractivity contribution in [2.24, 2.45) is 0 Å². The van der Waals surface area contributed by atoms with E-state index in [1.54, 1.807) is 6.08 Å². The second-order valence-electron chi connectivity index (χ2n) is 5.28. The zero-order chi connectivity index (χ0) is 13.9. The number of hydrogen-bond donors (Lipinski definition) is 1. The number of hydrogen-bond acceptors (Lipinski definition) is 1. The molecular weight excluding hydrogens is 224 g/mol. The first-order valence-electron chi connectivity index (χ1n) is 6.39. The van der Waals surface area contributed by atoms with E-state index < -0.39 is 5.97 Å². The van der Waals surface area contributed by atoms with Gasteiger partial charge in [-0.2, -0.15) is 0 Å². The van der Waals surface area contributed by atoms with E-state index in [1.807, 2.05) is 6.07 Å². The number of carboxylic acid groups (broad SMARTS) is 1. The molecule has 0 fully saturated rings. The zero-order valence-electron chi connectivity index (χ0n) is 11.8. The zero-order valence-corrected chi connectivity index (χ0v) is 11.8. The van der Waals surface area contributed by atoms with Gasteiger partial charge in [-0.15, -0.1) is 0 Å². The van der Waals surface area contributed by atoms with Crippen LogP contribution in [0.3, 0.4) is 0 Å². The number of aliphatic carboxylic acids is 1. The van der Waals surface area contributed by atoms with Crippen LogP contribution < -0.4 is 0 Å². The van der Waals surface area contributed by atoms with Gasteiger partial charge in [-0.05, 0) is 47.1 Å². The van der Waals surface area contributed by atoms with Crippen LogP contribution in [-0.4, -0.2) is 11.1 Å². The van der Waals surface area contributed by atoms with Crippen LogP contribution in [0.5, 0.6) is 0 Å². The van der Waals surface area contributed by atoms with Crippen LogP contribution in [0.15, 0.2) is 18.2 Å². The molecule has 0 aromatic heterocycles. The molecule has 1 aromatic carbocycles. The summed E-state index contributed by atoms with van der Waals surface area (Å²) in [6.07, 6.45) is 2.91. The molecule has 0 aliphatic heterocycles. The molecule has 0 unspecified atom stereocenters. The van der Waals surface area contributed by atoms with Crippen LogP contribution in [-0.2, 0) is 4.79 Å². The maximum absolute atomic E-state index is 10.7. The van der Waals surface area contributed by atoms with E-state index in [1.165, 1.54) is 22.8 Å². The molecule has 0 bridgehead atoms. The second-order valence-corrected chi connectivity index (χ2v) is 5.28. The Morgan fingerprint density at radius 3 is 2.11 bits per heavy atom. The summed E-state index contributed by atoms with van der Waals surface area (Å²) in [4.78, 5) is 10.7. The fourth-order valence-corrected chi connectivity index (χ4v) is 2.48. The average Bonchev–Trinajstić information content (AvgIpc) is 2.25. The van der Waals surface area contributed by atoms with Gasteiger partial charge in [0, 0.05) is 6.08 Å². The standard InChI is InChI=1S/C16H22O2/c1-10(2)15-12(5)6-7-13(8-9-14(17)18)16(15)11(3)4/h6-11H,1-5H3,(H,17,18). The van der Waals surface area contributed by atoms with Crippen molar-refractivity contribution in [1.82, 2.24) is 0 Å². The Balaban J connectivity index is 3.44. The Labute approximate surface area is 109 Å². The molecule has 2 nitrogen and oxygen atoms in total. The van der Waals surface area contributed by atoms with Gasteiger partial charge in [-0.3, -0.25) is 0 Å². The fourth-order valence-electron chi connectivity index (χ4n) is 2.48. The third-order valence-corrected chi connectivity index (χ3v) is 3.10. The summed E-state index contributed by atoms with van der Waals surface area (Å²) in [6.45, 7) is 10.8. The van der Waals surface area contributed by atoms with Crippen molar-refractivity contribution < 1.29 is 9.90 Å². The third kappa shape index (κ3) is 3.22. The van der Waals surface area contributed by atoms with Gasteiger partial charge in [0.2, 0.25) is 0 Å². The van der Waals surface area contributed by atoms with Gasteiger partial charge in [0.25, 0.3) is 0 Å². The number of rotatable bonds is 4. The molecule has 0 radical (unpaired) electrons. The smallest absolute Gasteiger partial charge is 0.328 e. The Morgan fingerprint density at radius 1 is 1.11 bits per heavy atom. The normalized spacial score (nSPS) is 11.7. The molecule has 18 heavy (non-hydrogen) atoms. The van der Waals surface area contributed by atoms with Crippen molar-refractivity contribution >= 4 is 12.0 Å². The van der Waals surface area contributed by atoms with Gasteiger partial charge >= 0.3 is 5.97 Å². The van der Waals surface area contributed by atoms with E-state index in [-0.39, 0.29) is 0 Å². The molecule has 0 amide bonds. The molecule has 1 N–H and O–H groups in total. The monoisotopic (exact) mass is 246 g/mol. The van der Waals surface area contributed by atoms with E-state index in [4.69, 9.17) is 5.11 Å². The summed E-state index contributed by atoms with van der Waals surface area (Å²) in [7, 11) is 0. The minimum atomic E-state index is -0.906. The molecule has 0 saturated carbocycles. The molecule has 98 valence electrons. The molecule has 0 aliphatic rings. The highest BCUT2D eigenvalue weighted by molar-refractivity contribution is 5.85. The molecule has 0 aliphatic carbocycles. The summed E-state index contributed by atoms with van der Waals surface area (Å²) in [5.74, 6) is -0.0762. The summed E-state index contributed by atoms with van der Waals surface area (Å²) in [6, 6.07) is 4.08. The minimum absolute atomic E-state index is 0.385. The molecule has 0 heterocycles. The molecule has 0 spiro atoms. The van der Waals surface area contributed by atoms with Crippen molar-refractivity contribution in [1.29, 1.82) is 0 Å². The van der Waals surface area contributed by atoms with Gasteiger partial charge in [0.15, 0.2) is 0 Å². The quantitative estimate of drug-likeness (QED) is 0.802. The first kappa shape index (κ1) is 14.5. The Hall–Kier alpha value is -1.57. The van der Waals surface area contributed by atoms with E-state index in [9.17, 15) is 4.79 Å². The second kappa shape index (κ2) is 5.85. The predicted octanol–water partition coefficient (Wildman–Crippen LogP) is 4.34. The van der Waals surface area contributed by atoms with Crippen LogP contribution in [0.4, 0.5) is 0 Å². The topological polar surface area (TPSA) is 37.3 Å². The van der Waals surface area contributed by atoms with Crippen LogP contribution in [0.2, 0.25) is 0 Å². The van der Waals surface area contributed by atoms with Crippen molar-refractivity contribution in [3.05, 3.63) is 40.5 Å². The third-order valence-electron chi connectivity index (χ3n) is 3.10. The molecule has 1 rings (SSSR count). The van der Waals surface area contributed by atoms with Crippen LogP contribution >= 0.6 is 0 Å². The number of carboxylic acids is 1. The maximum atomic E-state index is 10.7. The summed E-state index contributed by atoms with van der Waals surface area (Å²) in [5, 5.41) is 8.75. The lowest BCUT2D eigenvalue weighted by Gasteiger charge is -2.21. The largest absolute Gasteiger partial charge is 0.478 e. The summed E-state index contributed by atoms with van der Waals surface area (Å²) >= 11 is 0. The molecule has 0 atom stereocenters. The molecular formula is C16H22O2. The maximum Gasteiger partial charge on any atom is 0.328 e. The fraction of sp³-hybridized carbons (Fsp3) is 0.438. The van der Waals surface area contributed by atoms with Gasteiger partial charge in [-0.1, -0.05) is 39.8 Å². The van der Waals surface area contributed by atoms with Crippen LogP contribution in [0, 0.1) is 6.92 Å². The lowest BCUT2D eigenvalue weighted by atomic mass is 9.84. The highest BCUT2D eigenvalue weighted by Gasteiger charge is 2.15. The number of benzene rings is 1. The van der Waals surface area contributed by atoms with Gasteiger partial charge < -0.3 is 5.11 Å². The van der Waals surface area contributed by atoms with E-state index in [0.29, 0.717) is 11.8 Å². The number of carbonyl (C=O) groups is 1.